The van der Waals surface area contributed by atoms with Crippen LogP contribution in [0.4, 0.5) is 5.82 Å². The summed E-state index contributed by atoms with van der Waals surface area (Å²) < 4.78 is 11.2. The maximum absolute atomic E-state index is 11.8. The molecule has 0 radical (unpaired) electrons. The molecule has 0 aliphatic rings. The van der Waals surface area contributed by atoms with E-state index in [0.717, 1.165) is 16.8 Å². The number of carbonyl (C=O) groups excluding carboxylic acids is 1. The highest BCUT2D eigenvalue weighted by Gasteiger charge is 2.14. The van der Waals surface area contributed by atoms with Crippen molar-refractivity contribution >= 4 is 11.7 Å². The van der Waals surface area contributed by atoms with Gasteiger partial charge in [0.2, 0.25) is 11.8 Å². The van der Waals surface area contributed by atoms with E-state index in [4.69, 9.17) is 9.26 Å². The van der Waals surface area contributed by atoms with Crippen LogP contribution in [0.1, 0.15) is 30.2 Å². The van der Waals surface area contributed by atoms with E-state index in [1.807, 2.05) is 54.6 Å². The third-order valence-electron chi connectivity index (χ3n) is 4.64. The second kappa shape index (κ2) is 9.67. The monoisotopic (exact) mass is 414 g/mol. The van der Waals surface area contributed by atoms with Crippen molar-refractivity contribution in [2.75, 3.05) is 5.32 Å². The Bertz CT molecular complexity index is 1140. The third kappa shape index (κ3) is 5.33. The van der Waals surface area contributed by atoms with Crippen molar-refractivity contribution < 1.29 is 14.1 Å². The van der Waals surface area contributed by atoms with Gasteiger partial charge in [0, 0.05) is 37.4 Å². The van der Waals surface area contributed by atoms with Gasteiger partial charge in [0.15, 0.2) is 5.76 Å². The zero-order valence-corrected chi connectivity index (χ0v) is 17.1. The minimum absolute atomic E-state index is 0.105. The van der Waals surface area contributed by atoms with E-state index in [1.54, 1.807) is 25.4 Å². The molecule has 0 atom stereocenters. The lowest BCUT2D eigenvalue weighted by atomic mass is 10.1. The Labute approximate surface area is 180 Å². The number of ether oxygens (including phenoxy) is 1. The van der Waals surface area contributed by atoms with Gasteiger partial charge in [0.25, 0.3) is 0 Å². The van der Waals surface area contributed by atoms with E-state index in [9.17, 15) is 4.79 Å². The maximum atomic E-state index is 11.8. The van der Waals surface area contributed by atoms with Gasteiger partial charge in [-0.2, -0.15) is 0 Å². The number of anilines is 1. The number of pyridine rings is 2. The van der Waals surface area contributed by atoms with E-state index in [2.05, 4.69) is 20.4 Å². The van der Waals surface area contributed by atoms with Crippen molar-refractivity contribution in [3.8, 4) is 17.2 Å². The fourth-order valence-corrected chi connectivity index (χ4v) is 3.00. The summed E-state index contributed by atoms with van der Waals surface area (Å²) in [7, 11) is 0. The van der Waals surface area contributed by atoms with Crippen molar-refractivity contribution in [2.45, 2.75) is 26.4 Å². The maximum Gasteiger partial charge on any atom is 0.225 e. The topological polar surface area (TPSA) is 90.1 Å². The number of benzene rings is 1. The van der Waals surface area contributed by atoms with Crippen molar-refractivity contribution in [3.05, 3.63) is 89.9 Å². The number of aromatic nitrogens is 3. The van der Waals surface area contributed by atoms with Gasteiger partial charge in [0.1, 0.15) is 12.4 Å². The van der Waals surface area contributed by atoms with Gasteiger partial charge >= 0.3 is 0 Å². The molecule has 0 aliphatic heterocycles. The van der Waals surface area contributed by atoms with E-state index in [-0.39, 0.29) is 5.91 Å². The number of carbonyl (C=O) groups is 1. The van der Waals surface area contributed by atoms with Crippen LogP contribution in [0.5, 0.6) is 5.88 Å². The average Bonchev–Trinajstić information content (AvgIpc) is 3.28. The van der Waals surface area contributed by atoms with Crippen LogP contribution in [-0.2, 0) is 17.8 Å². The molecule has 3 aromatic heterocycles. The smallest absolute Gasteiger partial charge is 0.225 e. The highest BCUT2D eigenvalue weighted by atomic mass is 16.5. The van der Waals surface area contributed by atoms with Gasteiger partial charge in [0.05, 0.1) is 11.3 Å². The Morgan fingerprint density at radius 3 is 2.58 bits per heavy atom. The molecule has 0 saturated heterocycles. The molecule has 4 rings (SSSR count). The molecule has 0 spiro atoms. The molecule has 0 bridgehead atoms. The fraction of sp³-hybridized carbons (Fsp3) is 0.167. The number of hydrogen-bond acceptors (Lipinski definition) is 6. The summed E-state index contributed by atoms with van der Waals surface area (Å²) in [5.74, 6) is 1.53. The summed E-state index contributed by atoms with van der Waals surface area (Å²) in [5.41, 5.74) is 3.66. The van der Waals surface area contributed by atoms with E-state index < -0.39 is 0 Å². The van der Waals surface area contributed by atoms with Gasteiger partial charge in [-0.1, -0.05) is 42.4 Å². The first-order chi connectivity index (χ1) is 15.2. The van der Waals surface area contributed by atoms with E-state index in [1.165, 1.54) is 0 Å². The Morgan fingerprint density at radius 1 is 1.00 bits per heavy atom. The van der Waals surface area contributed by atoms with Crippen molar-refractivity contribution in [1.29, 1.82) is 0 Å². The van der Waals surface area contributed by atoms with Crippen molar-refractivity contribution in [1.82, 2.24) is 15.1 Å². The summed E-state index contributed by atoms with van der Waals surface area (Å²) in [4.78, 5) is 20.2. The standard InChI is InChI=1S/C24H22N4O3/c1-2-22(29)27-24-20(6-5-13-26-24)21-15-19(28-31-21)14-17-8-10-18(11-9-17)16-30-23-7-3-4-12-25-23/h3-13,15H,2,14,16H2,1H3,(H,26,27,29). The number of hydrogen-bond donors (Lipinski definition) is 1. The summed E-state index contributed by atoms with van der Waals surface area (Å²) in [5, 5.41) is 6.97. The van der Waals surface area contributed by atoms with Crippen LogP contribution < -0.4 is 10.1 Å². The van der Waals surface area contributed by atoms with Crippen LogP contribution in [0.25, 0.3) is 11.3 Å². The first-order valence-electron chi connectivity index (χ1n) is 10.0. The number of amides is 1. The third-order valence-corrected chi connectivity index (χ3v) is 4.64. The molecule has 7 heteroatoms. The zero-order valence-electron chi connectivity index (χ0n) is 17.1. The minimum atomic E-state index is -0.105. The normalized spacial score (nSPS) is 10.6. The molecule has 7 nitrogen and oxygen atoms in total. The Kier molecular flexibility index (Phi) is 6.32. The van der Waals surface area contributed by atoms with Crippen molar-refractivity contribution in [2.24, 2.45) is 0 Å². The zero-order chi connectivity index (χ0) is 21.5. The Balaban J connectivity index is 1.41. The number of rotatable bonds is 8. The number of nitrogens with one attached hydrogen (secondary N) is 1. The summed E-state index contributed by atoms with van der Waals surface area (Å²) in [6, 6.07) is 19.2. The molecule has 0 fully saturated rings. The average molecular weight is 414 g/mol. The molecule has 0 aliphatic carbocycles. The van der Waals surface area contributed by atoms with E-state index >= 15 is 0 Å². The second-order valence-corrected chi connectivity index (χ2v) is 6.93. The lowest BCUT2D eigenvalue weighted by Crippen LogP contribution is -2.11. The predicted molar refractivity (Wildman–Crippen MR) is 116 cm³/mol. The predicted octanol–water partition coefficient (Wildman–Crippen LogP) is 4.65. The van der Waals surface area contributed by atoms with E-state index in [0.29, 0.717) is 42.5 Å². The molecule has 0 saturated carbocycles. The SMILES string of the molecule is CCC(=O)Nc1ncccc1-c1cc(Cc2ccc(COc3ccccn3)cc2)no1. The Hall–Kier alpha value is -4.00. The Morgan fingerprint density at radius 2 is 1.81 bits per heavy atom. The van der Waals surface area contributed by atoms with Crippen LogP contribution >= 0.6 is 0 Å². The van der Waals surface area contributed by atoms with Crippen LogP contribution in [0, 0.1) is 0 Å². The quantitative estimate of drug-likeness (QED) is 0.451. The first-order valence-corrected chi connectivity index (χ1v) is 10.0. The summed E-state index contributed by atoms with van der Waals surface area (Å²) in [6.07, 6.45) is 4.34. The summed E-state index contributed by atoms with van der Waals surface area (Å²) in [6.45, 7) is 2.25. The van der Waals surface area contributed by atoms with Crippen LogP contribution in [0.15, 0.2) is 77.6 Å². The van der Waals surface area contributed by atoms with Crippen LogP contribution in [0.2, 0.25) is 0 Å². The van der Waals surface area contributed by atoms with Gasteiger partial charge in [-0.15, -0.1) is 0 Å². The molecule has 1 aromatic carbocycles. The molecule has 31 heavy (non-hydrogen) atoms. The molecule has 1 amide bonds. The first kappa shape index (κ1) is 20.3. The highest BCUT2D eigenvalue weighted by Crippen LogP contribution is 2.27. The number of nitrogens with zero attached hydrogens (tertiary/aromatic N) is 3. The molecule has 4 aromatic rings. The van der Waals surface area contributed by atoms with Gasteiger partial charge in [-0.3, -0.25) is 4.79 Å². The van der Waals surface area contributed by atoms with Crippen molar-refractivity contribution in [3.63, 3.8) is 0 Å². The lowest BCUT2D eigenvalue weighted by Gasteiger charge is -2.06. The molecule has 0 unspecified atom stereocenters. The van der Waals surface area contributed by atoms with Gasteiger partial charge < -0.3 is 14.6 Å². The van der Waals surface area contributed by atoms with Gasteiger partial charge in [-0.25, -0.2) is 9.97 Å². The molecular weight excluding hydrogens is 392 g/mol. The van der Waals surface area contributed by atoms with Crippen LogP contribution in [-0.4, -0.2) is 21.0 Å². The summed E-state index contributed by atoms with van der Waals surface area (Å²) >= 11 is 0. The minimum Gasteiger partial charge on any atom is -0.473 e. The highest BCUT2D eigenvalue weighted by molar-refractivity contribution is 5.93. The molecule has 156 valence electrons. The second-order valence-electron chi connectivity index (χ2n) is 6.93. The largest absolute Gasteiger partial charge is 0.473 e. The molecule has 1 N–H and O–H groups in total. The lowest BCUT2D eigenvalue weighted by molar-refractivity contribution is -0.115. The fourth-order valence-electron chi connectivity index (χ4n) is 3.00. The van der Waals surface area contributed by atoms with Crippen LogP contribution in [0.3, 0.4) is 0 Å². The molecule has 3 heterocycles. The van der Waals surface area contributed by atoms with Gasteiger partial charge in [-0.05, 0) is 29.3 Å². The molecular formula is C24H22N4O3.